The number of amides is 2. The van der Waals surface area contributed by atoms with Gasteiger partial charge in [-0.25, -0.2) is 9.78 Å². The second-order valence-corrected chi connectivity index (χ2v) is 10.9. The highest BCUT2D eigenvalue weighted by atomic mass is 16.5. The van der Waals surface area contributed by atoms with Crippen LogP contribution in [0.15, 0.2) is 78.2 Å². The second kappa shape index (κ2) is 14.0. The molecule has 0 aliphatic rings. The second-order valence-electron chi connectivity index (χ2n) is 10.9. The maximum absolute atomic E-state index is 14.0. The molecule has 220 valence electrons. The third kappa shape index (κ3) is 7.06. The van der Waals surface area contributed by atoms with Crippen LogP contribution in [0.5, 0.6) is 5.75 Å². The molecule has 0 saturated carbocycles. The number of unbranched alkanes of at least 4 members (excludes halogenated alkanes) is 1. The first-order valence-electron chi connectivity index (χ1n) is 14.4. The topological polar surface area (TPSA) is 108 Å². The van der Waals surface area contributed by atoms with Gasteiger partial charge in [-0.2, -0.15) is 0 Å². The Bertz CT molecular complexity index is 1580. The number of aromatic nitrogens is 2. The van der Waals surface area contributed by atoms with Gasteiger partial charge in [0.25, 0.3) is 5.56 Å². The molecule has 0 atom stereocenters. The third-order valence-corrected chi connectivity index (χ3v) is 7.12. The summed E-state index contributed by atoms with van der Waals surface area (Å²) in [6.07, 6.45) is 4.79. The van der Waals surface area contributed by atoms with Crippen LogP contribution in [-0.2, 0) is 0 Å². The summed E-state index contributed by atoms with van der Waals surface area (Å²) < 4.78 is 5.64. The number of fused-ring (bicyclic) bond motifs is 1. The third-order valence-electron chi connectivity index (χ3n) is 7.12. The van der Waals surface area contributed by atoms with Crippen LogP contribution in [0.3, 0.4) is 0 Å². The van der Waals surface area contributed by atoms with Crippen molar-refractivity contribution >= 4 is 28.4 Å². The van der Waals surface area contributed by atoms with Crippen molar-refractivity contribution in [1.29, 1.82) is 0 Å². The Morgan fingerprint density at radius 3 is 2.48 bits per heavy atom. The Balaban J connectivity index is 1.77. The van der Waals surface area contributed by atoms with E-state index in [0.717, 1.165) is 33.3 Å². The first-order valence-corrected chi connectivity index (χ1v) is 14.4. The molecular formula is C34H40N4O4. The lowest BCUT2D eigenvalue weighted by Crippen LogP contribution is -2.39. The summed E-state index contributed by atoms with van der Waals surface area (Å²) in [5.74, 6) is 0.897. The van der Waals surface area contributed by atoms with Gasteiger partial charge in [0.05, 0.1) is 6.61 Å². The minimum absolute atomic E-state index is 0.0554. The number of benzene rings is 2. The molecule has 0 bridgehead atoms. The van der Waals surface area contributed by atoms with E-state index in [0.29, 0.717) is 30.8 Å². The summed E-state index contributed by atoms with van der Waals surface area (Å²) in [6, 6.07) is 17.0. The number of aromatic amines is 1. The number of pyridine rings is 2. The van der Waals surface area contributed by atoms with E-state index in [-0.39, 0.29) is 42.3 Å². The molecule has 2 aromatic carbocycles. The SMILES string of the molecule is C=CCCCN(C(=O)Nc1c(C(C)C)cc(-c2cccc(OCCO)c2)cc1C(C)C)c1cc2cccnc2[nH]c1=O. The molecule has 2 heterocycles. The molecule has 0 aliphatic carbocycles. The van der Waals surface area contributed by atoms with Crippen molar-refractivity contribution in [2.45, 2.75) is 52.4 Å². The molecule has 2 aromatic heterocycles. The van der Waals surface area contributed by atoms with E-state index in [9.17, 15) is 9.59 Å². The van der Waals surface area contributed by atoms with Crippen LogP contribution in [0.4, 0.5) is 16.2 Å². The van der Waals surface area contributed by atoms with Gasteiger partial charge in [-0.3, -0.25) is 9.69 Å². The lowest BCUT2D eigenvalue weighted by Gasteiger charge is -2.27. The van der Waals surface area contributed by atoms with E-state index >= 15 is 0 Å². The minimum Gasteiger partial charge on any atom is -0.491 e. The van der Waals surface area contributed by atoms with Crippen molar-refractivity contribution in [3.63, 3.8) is 0 Å². The fourth-order valence-corrected chi connectivity index (χ4v) is 4.96. The molecule has 8 nitrogen and oxygen atoms in total. The van der Waals surface area contributed by atoms with Crippen LogP contribution in [0.25, 0.3) is 22.2 Å². The molecular weight excluding hydrogens is 528 g/mol. The molecule has 0 aliphatic heterocycles. The molecule has 8 heteroatoms. The van der Waals surface area contributed by atoms with Crippen LogP contribution in [0.2, 0.25) is 0 Å². The Hall–Kier alpha value is -4.43. The van der Waals surface area contributed by atoms with Gasteiger partial charge in [-0.15, -0.1) is 6.58 Å². The molecule has 0 unspecified atom stereocenters. The van der Waals surface area contributed by atoms with Crippen LogP contribution >= 0.6 is 0 Å². The molecule has 2 amide bonds. The highest BCUT2D eigenvalue weighted by molar-refractivity contribution is 6.03. The molecule has 4 aromatic rings. The fourth-order valence-electron chi connectivity index (χ4n) is 4.96. The van der Waals surface area contributed by atoms with Gasteiger partial charge < -0.3 is 20.1 Å². The summed E-state index contributed by atoms with van der Waals surface area (Å²) in [6.45, 7) is 12.7. The number of allylic oxidation sites excluding steroid dienone is 1. The number of ether oxygens (including phenoxy) is 1. The van der Waals surface area contributed by atoms with Gasteiger partial charge in [-0.1, -0.05) is 45.9 Å². The lowest BCUT2D eigenvalue weighted by molar-refractivity contribution is 0.201. The van der Waals surface area contributed by atoms with Crippen molar-refractivity contribution in [3.05, 3.63) is 94.9 Å². The molecule has 0 radical (unpaired) electrons. The molecule has 4 rings (SSSR count). The number of aliphatic hydroxyl groups excluding tert-OH is 1. The zero-order valence-electron chi connectivity index (χ0n) is 24.8. The number of nitrogens with zero attached hydrogens (tertiary/aromatic N) is 2. The number of anilines is 2. The Kier molecular flexibility index (Phi) is 10.1. The van der Waals surface area contributed by atoms with Crippen molar-refractivity contribution in [1.82, 2.24) is 9.97 Å². The molecule has 0 spiro atoms. The largest absolute Gasteiger partial charge is 0.491 e. The number of hydrogen-bond donors (Lipinski definition) is 3. The standard InChI is InChI=1S/C34H40N4O4/c1-6-7-8-15-38(30-21-25-12-10-14-35-32(25)37-33(30)40)34(41)36-31-28(22(2)3)19-26(20-29(31)23(4)5)24-11-9-13-27(18-24)42-17-16-39/h6,9-14,18-23,39H,1,7-8,15-17H2,2-5H3,(H,36,41)(H,35,37,40). The minimum atomic E-state index is -0.373. The summed E-state index contributed by atoms with van der Waals surface area (Å²) >= 11 is 0. The van der Waals surface area contributed by atoms with Crippen LogP contribution in [0.1, 0.15) is 63.5 Å². The van der Waals surface area contributed by atoms with E-state index in [1.54, 1.807) is 24.4 Å². The number of rotatable bonds is 12. The average molecular weight is 569 g/mol. The smallest absolute Gasteiger partial charge is 0.326 e. The van der Waals surface area contributed by atoms with E-state index in [1.807, 2.05) is 30.3 Å². The van der Waals surface area contributed by atoms with E-state index in [4.69, 9.17) is 9.84 Å². The number of carbonyl (C=O) groups excluding carboxylic acids is 1. The average Bonchev–Trinajstić information content (AvgIpc) is 2.98. The number of urea groups is 1. The van der Waals surface area contributed by atoms with Crippen molar-refractivity contribution in [3.8, 4) is 16.9 Å². The number of hydrogen-bond acceptors (Lipinski definition) is 5. The maximum atomic E-state index is 14.0. The Morgan fingerprint density at radius 1 is 1.07 bits per heavy atom. The fraction of sp³-hybridized carbons (Fsp3) is 0.324. The monoisotopic (exact) mass is 568 g/mol. The van der Waals surface area contributed by atoms with Gasteiger partial charge in [-0.05, 0) is 89.4 Å². The van der Waals surface area contributed by atoms with Gasteiger partial charge >= 0.3 is 6.03 Å². The van der Waals surface area contributed by atoms with Gasteiger partial charge in [0, 0.05) is 23.8 Å². The van der Waals surface area contributed by atoms with Gasteiger partial charge in [0.1, 0.15) is 23.7 Å². The molecule has 0 saturated heterocycles. The highest BCUT2D eigenvalue weighted by Crippen LogP contribution is 2.38. The molecule has 0 fully saturated rings. The predicted octanol–water partition coefficient (Wildman–Crippen LogP) is 7.21. The predicted molar refractivity (Wildman–Crippen MR) is 171 cm³/mol. The van der Waals surface area contributed by atoms with E-state index in [2.05, 4.69) is 61.7 Å². The lowest BCUT2D eigenvalue weighted by atomic mass is 9.88. The van der Waals surface area contributed by atoms with Crippen LogP contribution in [0, 0.1) is 0 Å². The highest BCUT2D eigenvalue weighted by Gasteiger charge is 2.24. The van der Waals surface area contributed by atoms with Gasteiger partial charge in [0.2, 0.25) is 0 Å². The van der Waals surface area contributed by atoms with Gasteiger partial charge in [0.15, 0.2) is 0 Å². The Labute approximate surface area is 247 Å². The number of nitrogens with one attached hydrogen (secondary N) is 2. The summed E-state index contributed by atoms with van der Waals surface area (Å²) in [5, 5.41) is 13.1. The zero-order chi connectivity index (χ0) is 30.2. The zero-order valence-corrected chi connectivity index (χ0v) is 24.8. The normalized spacial score (nSPS) is 11.2. The van der Waals surface area contributed by atoms with Crippen molar-refractivity contribution in [2.24, 2.45) is 0 Å². The van der Waals surface area contributed by atoms with Crippen LogP contribution in [-0.4, -0.2) is 40.9 Å². The first-order chi connectivity index (χ1) is 20.2. The Morgan fingerprint density at radius 2 is 1.81 bits per heavy atom. The number of aliphatic hydroxyl groups is 1. The summed E-state index contributed by atoms with van der Waals surface area (Å²) in [5.41, 5.74) is 5.11. The van der Waals surface area contributed by atoms with E-state index < -0.39 is 0 Å². The van der Waals surface area contributed by atoms with Crippen molar-refractivity contribution < 1.29 is 14.6 Å². The summed E-state index contributed by atoms with van der Waals surface area (Å²) in [4.78, 5) is 35.7. The number of H-pyrrole nitrogens is 1. The quantitative estimate of drug-likeness (QED) is 0.124. The summed E-state index contributed by atoms with van der Waals surface area (Å²) in [7, 11) is 0. The maximum Gasteiger partial charge on any atom is 0.326 e. The molecule has 42 heavy (non-hydrogen) atoms. The number of carbonyl (C=O) groups is 1. The first kappa shape index (κ1) is 30.5. The van der Waals surface area contributed by atoms with Crippen LogP contribution < -0.4 is 20.5 Å². The van der Waals surface area contributed by atoms with E-state index in [1.165, 1.54) is 4.90 Å². The molecule has 3 N–H and O–H groups in total. The van der Waals surface area contributed by atoms with Crippen molar-refractivity contribution in [2.75, 3.05) is 30.0 Å².